The fourth-order valence-electron chi connectivity index (χ4n) is 5.94. The second-order valence-corrected chi connectivity index (χ2v) is 16.0. The quantitative estimate of drug-likeness (QED) is 0.0369. The van der Waals surface area contributed by atoms with Gasteiger partial charge in [0.2, 0.25) is 0 Å². The maximum Gasteiger partial charge on any atom is 0.469 e. The van der Waals surface area contributed by atoms with Gasteiger partial charge in [-0.2, -0.15) is 13.2 Å². The van der Waals surface area contributed by atoms with Crippen LogP contribution in [0.4, 0.5) is 13.2 Å². The van der Waals surface area contributed by atoms with E-state index in [1.165, 1.54) is 232 Å². The molecule has 0 aromatic carbocycles. The molecule has 52 heavy (non-hydrogen) atoms. The van der Waals surface area contributed by atoms with Crippen LogP contribution >= 0.6 is 7.82 Å². The molecule has 4 N–H and O–H groups in total. The third-order valence-corrected chi connectivity index (χ3v) is 9.69. The molecule has 0 heterocycles. The van der Waals surface area contributed by atoms with Crippen molar-refractivity contribution in [3.05, 3.63) is 0 Å². The van der Waals surface area contributed by atoms with E-state index in [-0.39, 0.29) is 0 Å². The first kappa shape index (κ1) is 56.2. The molecule has 6 nitrogen and oxygen atoms in total. The van der Waals surface area contributed by atoms with E-state index in [9.17, 15) is 17.7 Å². The summed E-state index contributed by atoms with van der Waals surface area (Å²) >= 11 is 0. The van der Waals surface area contributed by atoms with E-state index in [0.29, 0.717) is 0 Å². The molecule has 0 radical (unpaired) electrons. The molecule has 0 aromatic heterocycles. The van der Waals surface area contributed by atoms with Gasteiger partial charge in [-0.3, -0.25) is 4.52 Å². The zero-order valence-corrected chi connectivity index (χ0v) is 35.8. The lowest BCUT2D eigenvalue weighted by molar-refractivity contribution is -0.156. The Morgan fingerprint density at radius 3 is 0.750 bits per heavy atom. The highest BCUT2D eigenvalue weighted by molar-refractivity contribution is 7.46. The number of phosphoric acid groups is 1. The Bertz CT molecular complexity index is 610. The summed E-state index contributed by atoms with van der Waals surface area (Å²) < 4.78 is 46.1. The van der Waals surface area contributed by atoms with Crippen molar-refractivity contribution in [3.8, 4) is 0 Å². The Hall–Kier alpha value is -0.180. The molecule has 0 aliphatic heterocycles. The predicted octanol–water partition coefficient (Wildman–Crippen LogP) is 14.4. The number of nitrogens with one attached hydrogen (secondary N) is 2. The molecule has 0 fully saturated rings. The van der Waals surface area contributed by atoms with Crippen LogP contribution in [0.1, 0.15) is 233 Å². The van der Waals surface area contributed by atoms with Crippen LogP contribution in [-0.2, 0) is 9.09 Å². The summed E-state index contributed by atoms with van der Waals surface area (Å²) in [5, 5.41) is 7.22. The van der Waals surface area contributed by atoms with Crippen molar-refractivity contribution < 1.29 is 32.0 Å². The van der Waals surface area contributed by atoms with E-state index < -0.39 is 20.6 Å². The maximum absolute atomic E-state index is 11.1. The molecule has 0 amide bonds. The first-order chi connectivity index (χ1) is 25.0. The van der Waals surface area contributed by atoms with Gasteiger partial charge in [-0.25, -0.2) is 4.57 Å². The summed E-state index contributed by atoms with van der Waals surface area (Å²) in [6.07, 6.45) is 41.0. The van der Waals surface area contributed by atoms with Crippen LogP contribution in [0.15, 0.2) is 0 Å². The molecule has 10 heteroatoms. The van der Waals surface area contributed by atoms with E-state index >= 15 is 0 Å². The van der Waals surface area contributed by atoms with Gasteiger partial charge in [-0.15, -0.1) is 0 Å². The Kier molecular flexibility index (Phi) is 50.7. The number of unbranched alkanes of at least 4 members (excludes halogenated alkanes) is 28. The van der Waals surface area contributed by atoms with E-state index in [1.54, 1.807) is 0 Å². The van der Waals surface area contributed by atoms with Gasteiger partial charge in [0.1, 0.15) is 0 Å². The van der Waals surface area contributed by atoms with E-state index in [4.69, 9.17) is 9.79 Å². The largest absolute Gasteiger partial charge is 0.469 e. The minimum atomic E-state index is -4.98. The highest BCUT2D eigenvalue weighted by Crippen LogP contribution is 2.37. The molecule has 0 aromatic rings. The van der Waals surface area contributed by atoms with Gasteiger partial charge in [0.15, 0.2) is 6.61 Å². The van der Waals surface area contributed by atoms with Gasteiger partial charge in [0.25, 0.3) is 0 Å². The lowest BCUT2D eigenvalue weighted by atomic mass is 10.1. The maximum atomic E-state index is 11.1. The SMILES string of the molecule is CCCCCCCCCCNCCCCCCCCCC.CCCCCCCCCCNCCCCCCCCCC.O=P(O)(O)OCC(F)(F)F. The van der Waals surface area contributed by atoms with Gasteiger partial charge in [-0.05, 0) is 51.9 Å². The summed E-state index contributed by atoms with van der Waals surface area (Å²) in [5.41, 5.74) is 0. The number of halogens is 3. The Labute approximate surface area is 322 Å². The Morgan fingerprint density at radius 1 is 0.404 bits per heavy atom. The highest BCUT2D eigenvalue weighted by atomic mass is 31.2. The highest BCUT2D eigenvalue weighted by Gasteiger charge is 2.31. The predicted molar refractivity (Wildman–Crippen MR) is 220 cm³/mol. The average molecular weight is 775 g/mol. The molecule has 0 aliphatic carbocycles. The third-order valence-electron chi connectivity index (χ3n) is 9.22. The van der Waals surface area contributed by atoms with Gasteiger partial charge >= 0.3 is 14.0 Å². The van der Waals surface area contributed by atoms with Crippen LogP contribution in [0.2, 0.25) is 0 Å². The fraction of sp³-hybridized carbons (Fsp3) is 1.00. The van der Waals surface area contributed by atoms with Gasteiger partial charge in [0.05, 0.1) is 0 Å². The monoisotopic (exact) mass is 775 g/mol. The van der Waals surface area contributed by atoms with Crippen LogP contribution in [0.3, 0.4) is 0 Å². The molecule has 0 saturated heterocycles. The van der Waals surface area contributed by atoms with Crippen molar-refractivity contribution >= 4 is 7.82 Å². The molecule has 0 saturated carbocycles. The first-order valence-corrected chi connectivity index (χ1v) is 23.7. The summed E-state index contributed by atoms with van der Waals surface area (Å²) in [7, 11) is -4.98. The number of phosphoric ester groups is 1. The van der Waals surface area contributed by atoms with Crippen LogP contribution < -0.4 is 10.6 Å². The first-order valence-electron chi connectivity index (χ1n) is 22.2. The molecule has 0 atom stereocenters. The zero-order chi connectivity index (χ0) is 39.3. The summed E-state index contributed by atoms with van der Waals surface area (Å²) in [4.78, 5) is 15.5. The van der Waals surface area contributed by atoms with E-state index in [2.05, 4.69) is 42.9 Å². The number of rotatable bonds is 38. The standard InChI is InChI=1S/2C20H43N.C2H4F3O4P/c2*1-3-5-7-9-11-13-15-17-19-21-20-18-16-14-12-10-8-6-4-2;3-2(4,5)1-9-10(6,7)8/h2*21H,3-20H2,1-2H3;1H2,(H2,6,7,8). The van der Waals surface area contributed by atoms with Gasteiger partial charge in [0, 0.05) is 0 Å². The molecule has 318 valence electrons. The zero-order valence-electron chi connectivity index (χ0n) is 35.0. The van der Waals surface area contributed by atoms with Gasteiger partial charge < -0.3 is 20.4 Å². The second-order valence-electron chi connectivity index (χ2n) is 14.8. The van der Waals surface area contributed by atoms with Crippen LogP contribution in [-0.4, -0.2) is 48.7 Å². The van der Waals surface area contributed by atoms with Crippen molar-refractivity contribution in [2.24, 2.45) is 0 Å². The van der Waals surface area contributed by atoms with Crippen molar-refractivity contribution in [2.45, 2.75) is 239 Å². The third kappa shape index (κ3) is 64.8. The lowest BCUT2D eigenvalue weighted by Crippen LogP contribution is -2.16. The summed E-state index contributed by atoms with van der Waals surface area (Å²) in [6, 6.07) is 0. The van der Waals surface area contributed by atoms with Crippen LogP contribution in [0.5, 0.6) is 0 Å². The van der Waals surface area contributed by atoms with Crippen molar-refractivity contribution in [3.63, 3.8) is 0 Å². The number of hydrogen-bond donors (Lipinski definition) is 4. The minimum Gasteiger partial charge on any atom is -0.317 e. The summed E-state index contributed by atoms with van der Waals surface area (Å²) in [5.74, 6) is 0. The van der Waals surface area contributed by atoms with E-state index in [0.717, 1.165) is 0 Å². The molecular formula is C42H90F3N2O4P. The summed E-state index contributed by atoms with van der Waals surface area (Å²) in [6.45, 7) is 12.2. The fourth-order valence-corrected chi connectivity index (χ4v) is 6.26. The molecule has 0 bridgehead atoms. The normalized spacial score (nSPS) is 11.6. The molecular weight excluding hydrogens is 684 g/mol. The lowest BCUT2D eigenvalue weighted by Gasteiger charge is -2.07. The molecule has 0 unspecified atom stereocenters. The van der Waals surface area contributed by atoms with Gasteiger partial charge in [-0.1, -0.05) is 207 Å². The van der Waals surface area contributed by atoms with Crippen LogP contribution in [0, 0.1) is 0 Å². The van der Waals surface area contributed by atoms with Crippen molar-refractivity contribution in [1.29, 1.82) is 0 Å². The van der Waals surface area contributed by atoms with Crippen LogP contribution in [0.25, 0.3) is 0 Å². The van der Waals surface area contributed by atoms with Crippen molar-refractivity contribution in [1.82, 2.24) is 10.6 Å². The average Bonchev–Trinajstić information content (AvgIpc) is 3.10. The Balaban J connectivity index is -0.000000737. The molecule has 0 aliphatic rings. The molecule has 0 rings (SSSR count). The number of alkyl halides is 3. The smallest absolute Gasteiger partial charge is 0.317 e. The minimum absolute atomic E-state index is 1.24. The number of hydrogen-bond acceptors (Lipinski definition) is 4. The van der Waals surface area contributed by atoms with E-state index in [1.807, 2.05) is 0 Å². The Morgan fingerprint density at radius 2 is 0.596 bits per heavy atom. The molecule has 0 spiro atoms. The second kappa shape index (κ2) is 47.0. The topological polar surface area (TPSA) is 90.8 Å². The van der Waals surface area contributed by atoms with Crippen molar-refractivity contribution in [2.75, 3.05) is 32.8 Å².